The summed E-state index contributed by atoms with van der Waals surface area (Å²) in [6.45, 7) is -0.432. The van der Waals surface area contributed by atoms with Crippen molar-refractivity contribution in [1.29, 1.82) is 0 Å². The van der Waals surface area contributed by atoms with Gasteiger partial charge in [0.25, 0.3) is 5.56 Å². The van der Waals surface area contributed by atoms with Gasteiger partial charge in [-0.15, -0.1) is 10.2 Å². The molecule has 0 amide bonds. The van der Waals surface area contributed by atoms with Gasteiger partial charge < -0.3 is 4.74 Å². The van der Waals surface area contributed by atoms with Crippen LogP contribution < -0.4 is 5.56 Å². The molecule has 4 rings (SSSR count). The van der Waals surface area contributed by atoms with Crippen LogP contribution in [0.25, 0.3) is 21.9 Å². The van der Waals surface area contributed by atoms with Gasteiger partial charge in [0.1, 0.15) is 17.6 Å². The molecule has 0 aliphatic rings. The number of aromatic nitrogens is 6. The third-order valence-electron chi connectivity index (χ3n) is 3.68. The average molecular weight is 336 g/mol. The summed E-state index contributed by atoms with van der Waals surface area (Å²) in [5.41, 5.74) is 1.53. The molecule has 2 aromatic heterocycles. The molecule has 0 aliphatic heterocycles. The van der Waals surface area contributed by atoms with Crippen LogP contribution in [0.15, 0.2) is 53.3 Å². The quantitative estimate of drug-likeness (QED) is 0.506. The smallest absolute Gasteiger partial charge is 0.329 e. The van der Waals surface area contributed by atoms with Crippen LogP contribution in [-0.2, 0) is 22.8 Å². The van der Waals surface area contributed by atoms with E-state index < -0.39 is 5.97 Å². The van der Waals surface area contributed by atoms with E-state index in [2.05, 4.69) is 20.6 Å². The van der Waals surface area contributed by atoms with E-state index in [0.29, 0.717) is 16.4 Å². The van der Waals surface area contributed by atoms with E-state index in [1.54, 1.807) is 30.3 Å². The van der Waals surface area contributed by atoms with E-state index in [0.717, 1.165) is 10.2 Å². The number of hydrogen-bond acceptors (Lipinski definition) is 7. The second-order valence-corrected chi connectivity index (χ2v) is 5.29. The first-order chi connectivity index (χ1) is 12.2. The number of carbonyl (C=O) groups excluding carboxylic acids is 1. The van der Waals surface area contributed by atoms with E-state index in [4.69, 9.17) is 4.74 Å². The van der Waals surface area contributed by atoms with Crippen LogP contribution >= 0.6 is 0 Å². The molecule has 0 saturated heterocycles. The van der Waals surface area contributed by atoms with Gasteiger partial charge in [-0.3, -0.25) is 4.79 Å². The van der Waals surface area contributed by atoms with Crippen molar-refractivity contribution in [1.82, 2.24) is 30.0 Å². The monoisotopic (exact) mass is 336 g/mol. The number of benzene rings is 2. The fourth-order valence-corrected chi connectivity index (χ4v) is 2.44. The highest BCUT2D eigenvalue weighted by Crippen LogP contribution is 2.09. The molecule has 0 unspecified atom stereocenters. The minimum Gasteiger partial charge on any atom is -0.441 e. The molecule has 0 saturated carbocycles. The highest BCUT2D eigenvalue weighted by atomic mass is 16.5. The molecule has 9 heteroatoms. The average Bonchev–Trinajstić information content (AvgIpc) is 3.04. The topological polar surface area (TPSA) is 105 Å². The first-order valence-corrected chi connectivity index (χ1v) is 7.49. The maximum Gasteiger partial charge on any atom is 0.329 e. The lowest BCUT2D eigenvalue weighted by Gasteiger charge is -2.07. The molecule has 0 N–H and O–H groups in total. The zero-order valence-corrected chi connectivity index (χ0v) is 12.9. The lowest BCUT2D eigenvalue weighted by Crippen LogP contribution is -2.27. The maximum atomic E-state index is 12.3. The summed E-state index contributed by atoms with van der Waals surface area (Å²) in [7, 11) is 0. The molecular weight excluding hydrogens is 324 g/mol. The molecule has 0 fully saturated rings. The highest BCUT2D eigenvalue weighted by molar-refractivity contribution is 5.77. The molecule has 0 aliphatic carbocycles. The third-order valence-corrected chi connectivity index (χ3v) is 3.68. The van der Waals surface area contributed by atoms with Gasteiger partial charge in [-0.1, -0.05) is 34.7 Å². The zero-order valence-electron chi connectivity index (χ0n) is 12.9. The van der Waals surface area contributed by atoms with Gasteiger partial charge in [-0.25, -0.2) is 9.48 Å². The summed E-state index contributed by atoms with van der Waals surface area (Å²) < 4.78 is 7.55. The number of esters is 1. The van der Waals surface area contributed by atoms with E-state index in [1.807, 2.05) is 18.2 Å². The Balaban J connectivity index is 1.49. The molecule has 124 valence electrons. The van der Waals surface area contributed by atoms with Gasteiger partial charge in [0.15, 0.2) is 6.73 Å². The van der Waals surface area contributed by atoms with Crippen molar-refractivity contribution < 1.29 is 9.53 Å². The fourth-order valence-electron chi connectivity index (χ4n) is 2.44. The lowest BCUT2D eigenvalue weighted by atomic mass is 10.2. The van der Waals surface area contributed by atoms with E-state index >= 15 is 0 Å². The van der Waals surface area contributed by atoms with Crippen LogP contribution in [0.2, 0.25) is 0 Å². The Morgan fingerprint density at radius 3 is 2.48 bits per heavy atom. The molecule has 0 radical (unpaired) electrons. The first kappa shape index (κ1) is 14.9. The summed E-state index contributed by atoms with van der Waals surface area (Å²) >= 11 is 0. The van der Waals surface area contributed by atoms with Crippen LogP contribution in [-0.4, -0.2) is 36.0 Å². The van der Waals surface area contributed by atoms with Crippen LogP contribution in [0.5, 0.6) is 0 Å². The summed E-state index contributed by atoms with van der Waals surface area (Å²) in [6, 6.07) is 14.1. The number of hydrogen-bond donors (Lipinski definition) is 0. The third kappa shape index (κ3) is 2.82. The van der Waals surface area contributed by atoms with Crippen LogP contribution in [0.1, 0.15) is 0 Å². The Morgan fingerprint density at radius 1 is 0.920 bits per heavy atom. The highest BCUT2D eigenvalue weighted by Gasteiger charge is 2.11. The fraction of sp³-hybridized carbons (Fsp3) is 0.125. The standard InChI is InChI=1S/C16H12N6O3/c23-15(9-21-14-8-4-3-7-13(14)18-19-21)25-10-22-16(24)11-5-1-2-6-12(11)17-20-22/h1-8H,9-10H2. The molecule has 25 heavy (non-hydrogen) atoms. The van der Waals surface area contributed by atoms with Crippen molar-refractivity contribution >= 4 is 27.9 Å². The van der Waals surface area contributed by atoms with Gasteiger partial charge in [-0.2, -0.15) is 4.68 Å². The molecule has 4 aromatic rings. The molecule has 2 aromatic carbocycles. The van der Waals surface area contributed by atoms with E-state index in [-0.39, 0.29) is 18.8 Å². The lowest BCUT2D eigenvalue weighted by molar-refractivity contribution is -0.149. The molecule has 0 bridgehead atoms. The summed E-state index contributed by atoms with van der Waals surface area (Å²) in [5.74, 6) is -0.558. The molecular formula is C16H12N6O3. The van der Waals surface area contributed by atoms with Gasteiger partial charge >= 0.3 is 5.97 Å². The molecule has 9 nitrogen and oxygen atoms in total. The Hall–Kier alpha value is -3.62. The molecule has 0 spiro atoms. The Labute approximate surface area is 140 Å². The first-order valence-electron chi connectivity index (χ1n) is 7.49. The number of ether oxygens (including phenoxy) is 1. The van der Waals surface area contributed by atoms with Gasteiger partial charge in [0.2, 0.25) is 0 Å². The van der Waals surface area contributed by atoms with Crippen molar-refractivity contribution in [3.8, 4) is 0 Å². The van der Waals surface area contributed by atoms with Crippen LogP contribution in [0.3, 0.4) is 0 Å². The second-order valence-electron chi connectivity index (χ2n) is 5.29. The number of fused-ring (bicyclic) bond motifs is 2. The molecule has 2 heterocycles. The Bertz CT molecular complexity index is 1130. The number of para-hydroxylation sites is 1. The predicted molar refractivity (Wildman–Crippen MR) is 87.4 cm³/mol. The largest absolute Gasteiger partial charge is 0.441 e. The van der Waals surface area contributed by atoms with E-state index in [9.17, 15) is 9.59 Å². The minimum atomic E-state index is -0.558. The van der Waals surface area contributed by atoms with Crippen LogP contribution in [0.4, 0.5) is 0 Å². The maximum absolute atomic E-state index is 12.3. The SMILES string of the molecule is O=C(Cn1nnc2ccccc21)OCn1nnc2ccccc2c1=O. The predicted octanol–water partition coefficient (Wildman–Crippen LogP) is 0.737. The van der Waals surface area contributed by atoms with Gasteiger partial charge in [0, 0.05) is 0 Å². The van der Waals surface area contributed by atoms with E-state index in [1.165, 1.54) is 4.68 Å². The number of rotatable bonds is 4. The van der Waals surface area contributed by atoms with Crippen molar-refractivity contribution in [2.24, 2.45) is 0 Å². The summed E-state index contributed by atoms with van der Waals surface area (Å²) in [5, 5.41) is 16.0. The minimum absolute atomic E-state index is 0.115. The van der Waals surface area contributed by atoms with Crippen molar-refractivity contribution in [3.63, 3.8) is 0 Å². The van der Waals surface area contributed by atoms with Crippen molar-refractivity contribution in [2.75, 3.05) is 0 Å². The number of nitrogens with zero attached hydrogens (tertiary/aromatic N) is 6. The number of carbonyl (C=O) groups is 1. The van der Waals surface area contributed by atoms with Gasteiger partial charge in [-0.05, 0) is 24.3 Å². The summed E-state index contributed by atoms with van der Waals surface area (Å²) in [6.07, 6.45) is 0. The normalized spacial score (nSPS) is 11.0. The molecule has 0 atom stereocenters. The second kappa shape index (κ2) is 6.11. The zero-order chi connectivity index (χ0) is 17.2. The van der Waals surface area contributed by atoms with Crippen molar-refractivity contribution in [2.45, 2.75) is 13.3 Å². The summed E-state index contributed by atoms with van der Waals surface area (Å²) in [4.78, 5) is 24.3. The van der Waals surface area contributed by atoms with Crippen LogP contribution in [0, 0.1) is 0 Å². The van der Waals surface area contributed by atoms with Gasteiger partial charge in [0.05, 0.1) is 10.9 Å². The Morgan fingerprint density at radius 2 is 1.60 bits per heavy atom. The van der Waals surface area contributed by atoms with Crippen molar-refractivity contribution in [3.05, 3.63) is 58.9 Å². The Kier molecular flexibility index (Phi) is 3.65.